The standard InChI is InChI=1S/C17H23ClN4O2.HI/c1-19-17(22(3)11-14-8-13(18)10-21(14)2)20-9-12-7-15(24-4)5-6-16(12)23;/h5-8,10,23H,9,11H2,1-4H3,(H,19,20);1H. The van der Waals surface area contributed by atoms with Crippen molar-refractivity contribution in [3.63, 3.8) is 0 Å². The molecule has 0 saturated carbocycles. The summed E-state index contributed by atoms with van der Waals surface area (Å²) < 4.78 is 7.18. The molecule has 0 fully saturated rings. The first-order chi connectivity index (χ1) is 11.4. The molecule has 2 aromatic rings. The maximum atomic E-state index is 9.96. The van der Waals surface area contributed by atoms with E-state index in [1.165, 1.54) is 0 Å². The van der Waals surface area contributed by atoms with Crippen molar-refractivity contribution in [3.05, 3.63) is 46.7 Å². The van der Waals surface area contributed by atoms with Gasteiger partial charge in [0, 0.05) is 45.1 Å². The molecular formula is C17H24ClIN4O2. The summed E-state index contributed by atoms with van der Waals surface area (Å²) in [7, 11) is 7.23. The van der Waals surface area contributed by atoms with E-state index in [0.717, 1.165) is 17.2 Å². The van der Waals surface area contributed by atoms with Crippen molar-refractivity contribution in [2.24, 2.45) is 12.0 Å². The summed E-state index contributed by atoms with van der Waals surface area (Å²) in [6.07, 6.45) is 1.87. The van der Waals surface area contributed by atoms with E-state index in [1.54, 1.807) is 32.4 Å². The number of nitrogens with one attached hydrogen (secondary N) is 1. The quantitative estimate of drug-likeness (QED) is 0.394. The molecule has 0 aliphatic heterocycles. The molecule has 1 heterocycles. The Bertz CT molecular complexity index is 733. The summed E-state index contributed by atoms with van der Waals surface area (Å²) in [6.45, 7) is 1.10. The maximum Gasteiger partial charge on any atom is 0.194 e. The average molecular weight is 479 g/mol. The number of methoxy groups -OCH3 is 1. The first kappa shape index (κ1) is 21.4. The van der Waals surface area contributed by atoms with Crippen LogP contribution in [-0.2, 0) is 20.1 Å². The lowest BCUT2D eigenvalue weighted by Crippen LogP contribution is -2.38. The number of hydrogen-bond donors (Lipinski definition) is 2. The maximum absolute atomic E-state index is 9.96. The SMILES string of the molecule is CN=C(NCc1cc(OC)ccc1O)N(C)Cc1cc(Cl)cn1C.I. The van der Waals surface area contributed by atoms with Gasteiger partial charge in [-0.2, -0.15) is 0 Å². The lowest BCUT2D eigenvalue weighted by molar-refractivity contribution is 0.410. The summed E-state index contributed by atoms with van der Waals surface area (Å²) in [5.74, 6) is 1.64. The number of aromatic hydroxyl groups is 1. The second-order valence-corrected chi connectivity index (χ2v) is 5.95. The molecule has 1 aromatic heterocycles. The Hall–Kier alpha value is -1.61. The fourth-order valence-electron chi connectivity index (χ4n) is 2.43. The smallest absolute Gasteiger partial charge is 0.194 e. The van der Waals surface area contributed by atoms with Crippen molar-refractivity contribution in [2.75, 3.05) is 21.2 Å². The Balaban J connectivity index is 0.00000312. The first-order valence-corrected chi connectivity index (χ1v) is 7.90. The number of benzene rings is 1. The predicted octanol–water partition coefficient (Wildman–Crippen LogP) is 3.22. The van der Waals surface area contributed by atoms with Gasteiger partial charge in [0.05, 0.1) is 18.7 Å². The number of halogens is 2. The summed E-state index contributed by atoms with van der Waals surface area (Å²) >= 11 is 6.02. The van der Waals surface area contributed by atoms with Crippen LogP contribution in [0.3, 0.4) is 0 Å². The van der Waals surface area contributed by atoms with E-state index in [1.807, 2.05) is 35.8 Å². The lowest BCUT2D eigenvalue weighted by atomic mass is 10.2. The van der Waals surface area contributed by atoms with Crippen LogP contribution in [0.5, 0.6) is 11.5 Å². The Labute approximate surface area is 170 Å². The van der Waals surface area contributed by atoms with E-state index >= 15 is 0 Å². The summed E-state index contributed by atoms with van der Waals surface area (Å²) in [4.78, 5) is 6.27. The van der Waals surface area contributed by atoms with Crippen LogP contribution < -0.4 is 10.1 Å². The number of hydrogen-bond acceptors (Lipinski definition) is 3. The van der Waals surface area contributed by atoms with Crippen molar-refractivity contribution in [2.45, 2.75) is 13.1 Å². The minimum Gasteiger partial charge on any atom is -0.508 e. The molecule has 0 amide bonds. The van der Waals surface area contributed by atoms with Crippen LogP contribution in [0, 0.1) is 0 Å². The molecule has 2 rings (SSSR count). The van der Waals surface area contributed by atoms with Gasteiger partial charge in [-0.1, -0.05) is 11.6 Å². The Kier molecular flexibility index (Phi) is 8.37. The summed E-state index contributed by atoms with van der Waals surface area (Å²) in [5.41, 5.74) is 1.82. The fraction of sp³-hybridized carbons (Fsp3) is 0.353. The number of aryl methyl sites for hydroxylation is 1. The Morgan fingerprint density at radius 1 is 1.40 bits per heavy atom. The van der Waals surface area contributed by atoms with Gasteiger partial charge in [0.1, 0.15) is 11.5 Å². The largest absolute Gasteiger partial charge is 0.508 e. The molecule has 0 bridgehead atoms. The van der Waals surface area contributed by atoms with Crippen LogP contribution in [0.4, 0.5) is 0 Å². The number of ether oxygens (including phenoxy) is 1. The van der Waals surface area contributed by atoms with Gasteiger partial charge in [-0.15, -0.1) is 24.0 Å². The number of phenols is 1. The summed E-state index contributed by atoms with van der Waals surface area (Å²) in [6, 6.07) is 7.07. The van der Waals surface area contributed by atoms with E-state index in [9.17, 15) is 5.11 Å². The van der Waals surface area contributed by atoms with Gasteiger partial charge in [0.2, 0.25) is 0 Å². The molecule has 0 radical (unpaired) electrons. The Morgan fingerprint density at radius 2 is 2.12 bits per heavy atom. The van der Waals surface area contributed by atoms with Gasteiger partial charge in [-0.25, -0.2) is 0 Å². The third-order valence-electron chi connectivity index (χ3n) is 3.77. The number of nitrogens with zero attached hydrogens (tertiary/aromatic N) is 3. The van der Waals surface area contributed by atoms with Crippen molar-refractivity contribution < 1.29 is 9.84 Å². The molecular weight excluding hydrogens is 455 g/mol. The normalized spacial score (nSPS) is 11.0. The average Bonchev–Trinajstić information content (AvgIpc) is 2.87. The zero-order valence-corrected chi connectivity index (χ0v) is 17.9. The lowest BCUT2D eigenvalue weighted by Gasteiger charge is -2.22. The molecule has 0 spiro atoms. The van der Waals surface area contributed by atoms with Crippen molar-refractivity contribution in [3.8, 4) is 11.5 Å². The van der Waals surface area contributed by atoms with Gasteiger partial charge < -0.3 is 24.6 Å². The molecule has 1 aromatic carbocycles. The molecule has 0 aliphatic rings. The zero-order chi connectivity index (χ0) is 17.7. The van der Waals surface area contributed by atoms with Crippen LogP contribution in [0.1, 0.15) is 11.3 Å². The van der Waals surface area contributed by atoms with E-state index in [0.29, 0.717) is 23.9 Å². The monoisotopic (exact) mass is 478 g/mol. The fourth-order valence-corrected chi connectivity index (χ4v) is 2.70. The number of aliphatic imine (C=N–C) groups is 1. The summed E-state index contributed by atoms with van der Waals surface area (Å²) in [5, 5.41) is 13.9. The van der Waals surface area contributed by atoms with Gasteiger partial charge in [-0.05, 0) is 24.3 Å². The number of aromatic nitrogens is 1. The van der Waals surface area contributed by atoms with E-state index in [4.69, 9.17) is 16.3 Å². The van der Waals surface area contributed by atoms with Gasteiger partial charge in [0.25, 0.3) is 0 Å². The van der Waals surface area contributed by atoms with Gasteiger partial charge in [-0.3, -0.25) is 4.99 Å². The third kappa shape index (κ3) is 5.71. The van der Waals surface area contributed by atoms with Crippen LogP contribution in [-0.4, -0.2) is 41.7 Å². The highest BCUT2D eigenvalue weighted by molar-refractivity contribution is 14.0. The van der Waals surface area contributed by atoms with Crippen LogP contribution in [0.15, 0.2) is 35.5 Å². The number of phenolic OH excluding ortho intramolecular Hbond substituents is 1. The Morgan fingerprint density at radius 3 is 2.68 bits per heavy atom. The molecule has 0 saturated heterocycles. The zero-order valence-electron chi connectivity index (χ0n) is 14.8. The molecule has 138 valence electrons. The van der Waals surface area contributed by atoms with Crippen LogP contribution in [0.25, 0.3) is 0 Å². The second kappa shape index (κ2) is 9.76. The number of rotatable bonds is 5. The molecule has 0 atom stereocenters. The number of guanidine groups is 1. The van der Waals surface area contributed by atoms with E-state index in [2.05, 4.69) is 10.3 Å². The molecule has 25 heavy (non-hydrogen) atoms. The van der Waals surface area contributed by atoms with Crippen LogP contribution >= 0.6 is 35.6 Å². The van der Waals surface area contributed by atoms with Crippen molar-refractivity contribution >= 4 is 41.5 Å². The minimum absolute atomic E-state index is 0. The first-order valence-electron chi connectivity index (χ1n) is 7.53. The van der Waals surface area contributed by atoms with Crippen LogP contribution in [0.2, 0.25) is 5.02 Å². The highest BCUT2D eigenvalue weighted by Crippen LogP contribution is 2.22. The van der Waals surface area contributed by atoms with Gasteiger partial charge in [0.15, 0.2) is 5.96 Å². The van der Waals surface area contributed by atoms with Gasteiger partial charge >= 0.3 is 0 Å². The van der Waals surface area contributed by atoms with E-state index < -0.39 is 0 Å². The molecule has 0 aliphatic carbocycles. The van der Waals surface area contributed by atoms with Crippen molar-refractivity contribution in [1.82, 2.24) is 14.8 Å². The van der Waals surface area contributed by atoms with Crippen molar-refractivity contribution in [1.29, 1.82) is 0 Å². The highest BCUT2D eigenvalue weighted by atomic mass is 127. The predicted molar refractivity (Wildman–Crippen MR) is 112 cm³/mol. The second-order valence-electron chi connectivity index (χ2n) is 5.51. The van der Waals surface area contributed by atoms with E-state index in [-0.39, 0.29) is 29.7 Å². The minimum atomic E-state index is 0. The third-order valence-corrected chi connectivity index (χ3v) is 3.98. The molecule has 8 heteroatoms. The molecule has 6 nitrogen and oxygen atoms in total. The molecule has 2 N–H and O–H groups in total. The molecule has 0 unspecified atom stereocenters. The topological polar surface area (TPSA) is 62.0 Å². The highest BCUT2D eigenvalue weighted by Gasteiger charge is 2.11.